The standard InChI is InChI=1S/C23H15ClO/c1-25-22-13-16(24)9-11-17(22)15-8-10-18-19-6-2-4-14-5-3-7-20(23(14)19)21(18)12-15/h2-13H,1H3. The minimum atomic E-state index is 0.680. The first-order valence-corrected chi connectivity index (χ1v) is 8.64. The fourth-order valence-electron chi connectivity index (χ4n) is 3.86. The van der Waals surface area contributed by atoms with E-state index in [0.29, 0.717) is 5.02 Å². The van der Waals surface area contributed by atoms with Crippen LogP contribution in [0.4, 0.5) is 0 Å². The van der Waals surface area contributed by atoms with E-state index in [1.54, 1.807) is 7.11 Å². The van der Waals surface area contributed by atoms with Crippen molar-refractivity contribution in [2.75, 3.05) is 7.11 Å². The largest absolute Gasteiger partial charge is 0.496 e. The summed E-state index contributed by atoms with van der Waals surface area (Å²) in [4.78, 5) is 0. The van der Waals surface area contributed by atoms with E-state index in [9.17, 15) is 0 Å². The lowest BCUT2D eigenvalue weighted by Gasteiger charge is -2.11. The van der Waals surface area contributed by atoms with Crippen molar-refractivity contribution in [3.63, 3.8) is 0 Å². The zero-order valence-electron chi connectivity index (χ0n) is 13.7. The van der Waals surface area contributed by atoms with Crippen LogP contribution in [0.15, 0.2) is 72.8 Å². The molecular weight excluding hydrogens is 328 g/mol. The molecule has 0 aliphatic heterocycles. The van der Waals surface area contributed by atoms with Crippen LogP contribution in [-0.4, -0.2) is 7.11 Å². The highest BCUT2D eigenvalue weighted by Crippen LogP contribution is 2.48. The number of rotatable bonds is 2. The van der Waals surface area contributed by atoms with Crippen molar-refractivity contribution in [2.45, 2.75) is 0 Å². The summed E-state index contributed by atoms with van der Waals surface area (Å²) < 4.78 is 5.53. The molecule has 0 saturated carbocycles. The molecule has 0 N–H and O–H groups in total. The summed E-state index contributed by atoms with van der Waals surface area (Å²) in [5, 5.41) is 3.32. The Hall–Kier alpha value is -2.77. The smallest absolute Gasteiger partial charge is 0.128 e. The van der Waals surface area contributed by atoms with Gasteiger partial charge in [0.25, 0.3) is 0 Å². The highest BCUT2D eigenvalue weighted by Gasteiger charge is 2.21. The van der Waals surface area contributed by atoms with Crippen LogP contribution >= 0.6 is 11.6 Å². The molecule has 4 aromatic carbocycles. The number of methoxy groups -OCH3 is 1. The molecule has 0 radical (unpaired) electrons. The van der Waals surface area contributed by atoms with E-state index in [2.05, 4.69) is 54.6 Å². The summed E-state index contributed by atoms with van der Waals surface area (Å²) in [6.45, 7) is 0. The van der Waals surface area contributed by atoms with Crippen molar-refractivity contribution in [3.05, 3.63) is 77.8 Å². The van der Waals surface area contributed by atoms with Crippen LogP contribution in [-0.2, 0) is 0 Å². The molecule has 0 aromatic heterocycles. The second-order valence-electron chi connectivity index (χ2n) is 6.31. The molecule has 0 unspecified atom stereocenters. The molecule has 0 heterocycles. The zero-order chi connectivity index (χ0) is 17.0. The highest BCUT2D eigenvalue weighted by molar-refractivity contribution is 6.30. The average molecular weight is 343 g/mol. The van der Waals surface area contributed by atoms with E-state index in [4.69, 9.17) is 16.3 Å². The van der Waals surface area contributed by atoms with Gasteiger partial charge in [0.15, 0.2) is 0 Å². The van der Waals surface area contributed by atoms with Gasteiger partial charge in [-0.15, -0.1) is 0 Å². The molecule has 0 atom stereocenters. The van der Waals surface area contributed by atoms with Gasteiger partial charge in [0, 0.05) is 10.6 Å². The van der Waals surface area contributed by atoms with Gasteiger partial charge < -0.3 is 4.74 Å². The maximum atomic E-state index is 6.11. The minimum absolute atomic E-state index is 0.680. The molecule has 5 rings (SSSR count). The molecule has 1 nitrogen and oxygen atoms in total. The quantitative estimate of drug-likeness (QED) is 0.342. The van der Waals surface area contributed by atoms with Gasteiger partial charge in [0.1, 0.15) is 5.75 Å². The number of fused-ring (bicyclic) bond motifs is 3. The van der Waals surface area contributed by atoms with Crippen LogP contribution in [0, 0.1) is 0 Å². The fourth-order valence-corrected chi connectivity index (χ4v) is 4.03. The van der Waals surface area contributed by atoms with Crippen molar-refractivity contribution in [1.82, 2.24) is 0 Å². The summed E-state index contributed by atoms with van der Waals surface area (Å²) >= 11 is 6.11. The van der Waals surface area contributed by atoms with Crippen LogP contribution in [0.3, 0.4) is 0 Å². The van der Waals surface area contributed by atoms with Gasteiger partial charge in [0.05, 0.1) is 7.11 Å². The van der Waals surface area contributed by atoms with Gasteiger partial charge in [0.2, 0.25) is 0 Å². The Kier molecular flexibility index (Phi) is 3.13. The molecule has 1 aliphatic carbocycles. The van der Waals surface area contributed by atoms with E-state index in [1.807, 2.05) is 18.2 Å². The van der Waals surface area contributed by atoms with E-state index < -0.39 is 0 Å². The zero-order valence-corrected chi connectivity index (χ0v) is 14.5. The monoisotopic (exact) mass is 342 g/mol. The Labute approximate surface area is 151 Å². The van der Waals surface area contributed by atoms with Gasteiger partial charge in [-0.05, 0) is 62.9 Å². The van der Waals surface area contributed by atoms with Gasteiger partial charge in [-0.1, -0.05) is 60.1 Å². The van der Waals surface area contributed by atoms with Crippen LogP contribution in [0.2, 0.25) is 5.02 Å². The Morgan fingerprint density at radius 1 is 0.680 bits per heavy atom. The minimum Gasteiger partial charge on any atom is -0.496 e. The first-order valence-electron chi connectivity index (χ1n) is 8.27. The topological polar surface area (TPSA) is 9.23 Å². The lowest BCUT2D eigenvalue weighted by molar-refractivity contribution is 0.416. The maximum Gasteiger partial charge on any atom is 0.128 e. The number of benzene rings is 4. The van der Waals surface area contributed by atoms with Gasteiger partial charge >= 0.3 is 0 Å². The number of hydrogen-bond donors (Lipinski definition) is 0. The second kappa shape index (κ2) is 5.37. The fraction of sp³-hybridized carbons (Fsp3) is 0.0435. The normalized spacial score (nSPS) is 11.6. The van der Waals surface area contributed by atoms with Gasteiger partial charge in [-0.2, -0.15) is 0 Å². The molecule has 0 fully saturated rings. The molecule has 0 saturated heterocycles. The summed E-state index contributed by atoms with van der Waals surface area (Å²) in [6.07, 6.45) is 0. The van der Waals surface area contributed by atoms with E-state index >= 15 is 0 Å². The average Bonchev–Trinajstić information content (AvgIpc) is 2.97. The molecule has 0 spiro atoms. The third-order valence-corrected chi connectivity index (χ3v) is 5.21. The van der Waals surface area contributed by atoms with E-state index in [-0.39, 0.29) is 0 Å². The molecule has 120 valence electrons. The Morgan fingerprint density at radius 3 is 2.16 bits per heavy atom. The van der Waals surface area contributed by atoms with Crippen molar-refractivity contribution < 1.29 is 4.74 Å². The van der Waals surface area contributed by atoms with Crippen LogP contribution < -0.4 is 4.74 Å². The van der Waals surface area contributed by atoms with Gasteiger partial charge in [-0.25, -0.2) is 0 Å². The molecule has 0 bridgehead atoms. The number of hydrogen-bond acceptors (Lipinski definition) is 1. The second-order valence-corrected chi connectivity index (χ2v) is 6.75. The van der Waals surface area contributed by atoms with E-state index in [1.165, 1.54) is 33.0 Å². The van der Waals surface area contributed by atoms with Gasteiger partial charge in [-0.3, -0.25) is 0 Å². The molecule has 25 heavy (non-hydrogen) atoms. The lowest BCUT2D eigenvalue weighted by atomic mass is 9.97. The predicted molar refractivity (Wildman–Crippen MR) is 105 cm³/mol. The summed E-state index contributed by atoms with van der Waals surface area (Å²) in [7, 11) is 1.68. The molecule has 4 aromatic rings. The third kappa shape index (κ3) is 2.09. The Balaban J connectivity index is 1.76. The molecule has 2 heteroatoms. The maximum absolute atomic E-state index is 6.11. The Bertz CT molecular complexity index is 1140. The van der Waals surface area contributed by atoms with Crippen LogP contribution in [0.5, 0.6) is 5.75 Å². The Morgan fingerprint density at radius 2 is 1.40 bits per heavy atom. The number of halogens is 1. The predicted octanol–water partition coefficient (Wildman–Crippen LogP) is 6.82. The molecule has 1 aliphatic rings. The van der Waals surface area contributed by atoms with E-state index in [0.717, 1.165) is 16.9 Å². The molecular formula is C23H15ClO. The van der Waals surface area contributed by atoms with Crippen LogP contribution in [0.25, 0.3) is 44.2 Å². The van der Waals surface area contributed by atoms with Crippen LogP contribution in [0.1, 0.15) is 0 Å². The summed E-state index contributed by atoms with van der Waals surface area (Å²) in [5.74, 6) is 0.793. The lowest BCUT2D eigenvalue weighted by Crippen LogP contribution is -1.88. The molecule has 0 amide bonds. The first kappa shape index (κ1) is 14.6. The highest BCUT2D eigenvalue weighted by atomic mass is 35.5. The van der Waals surface area contributed by atoms with Crippen molar-refractivity contribution in [1.29, 1.82) is 0 Å². The first-order chi connectivity index (χ1) is 12.3. The van der Waals surface area contributed by atoms with Crippen molar-refractivity contribution in [3.8, 4) is 39.1 Å². The van der Waals surface area contributed by atoms with Crippen molar-refractivity contribution in [2.24, 2.45) is 0 Å². The third-order valence-electron chi connectivity index (χ3n) is 4.98. The summed E-state index contributed by atoms with van der Waals surface area (Å²) in [5.41, 5.74) is 7.38. The summed E-state index contributed by atoms with van der Waals surface area (Å²) in [6, 6.07) is 25.5. The SMILES string of the molecule is COc1cc(Cl)ccc1-c1ccc2c(c1)-c1cccc3cccc-2c13. The van der Waals surface area contributed by atoms with Crippen molar-refractivity contribution >= 4 is 22.4 Å². The number of ether oxygens (including phenoxy) is 1.